The molecular weight excluding hydrogens is 1000 g/mol. The first-order valence-electron chi connectivity index (χ1n) is 32.9. The van der Waals surface area contributed by atoms with Gasteiger partial charge in [0.1, 0.15) is 24.4 Å². The maximum absolute atomic E-state index is 13.5. The zero-order chi connectivity index (χ0) is 58.2. The molecule has 6 N–H and O–H groups in total. The van der Waals surface area contributed by atoms with Crippen LogP contribution in [-0.2, 0) is 23.8 Å². The molecule has 1 aliphatic heterocycles. The van der Waals surface area contributed by atoms with Gasteiger partial charge in [0, 0.05) is 6.42 Å². The molecule has 1 aliphatic rings. The van der Waals surface area contributed by atoms with Crippen molar-refractivity contribution in [2.75, 3.05) is 13.2 Å². The van der Waals surface area contributed by atoms with Crippen molar-refractivity contribution in [2.45, 2.75) is 327 Å². The number of unbranched alkanes of at least 4 members (excludes halogenated alkanes) is 29. The molecule has 462 valence electrons. The molecule has 11 nitrogen and oxygen atoms in total. The summed E-state index contributed by atoms with van der Waals surface area (Å²) in [7, 11) is 0. The Labute approximate surface area is 489 Å². The number of hydrogen-bond acceptors (Lipinski definition) is 10. The lowest BCUT2D eigenvalue weighted by Gasteiger charge is -2.41. The van der Waals surface area contributed by atoms with Crippen molar-refractivity contribution in [1.82, 2.24) is 5.32 Å². The Morgan fingerprint density at radius 2 is 0.900 bits per heavy atom. The van der Waals surface area contributed by atoms with Gasteiger partial charge in [-0.15, -0.1) is 0 Å². The van der Waals surface area contributed by atoms with E-state index in [1.54, 1.807) is 6.08 Å². The van der Waals surface area contributed by atoms with Crippen LogP contribution in [-0.4, -0.2) is 99.6 Å². The summed E-state index contributed by atoms with van der Waals surface area (Å²) in [5, 5.41) is 57.1. The lowest BCUT2D eigenvalue weighted by Crippen LogP contribution is -2.61. The van der Waals surface area contributed by atoms with E-state index in [0.29, 0.717) is 12.8 Å². The second-order valence-electron chi connectivity index (χ2n) is 22.5. The van der Waals surface area contributed by atoms with Crippen molar-refractivity contribution >= 4 is 11.9 Å². The van der Waals surface area contributed by atoms with Crippen LogP contribution in [0.4, 0.5) is 0 Å². The number of esters is 1. The average molecular weight is 1120 g/mol. The molecule has 8 unspecified atom stereocenters. The molecule has 0 aliphatic carbocycles. The fourth-order valence-corrected chi connectivity index (χ4v) is 9.85. The summed E-state index contributed by atoms with van der Waals surface area (Å²) in [5.41, 5.74) is 0. The van der Waals surface area contributed by atoms with Gasteiger partial charge in [-0.3, -0.25) is 9.59 Å². The molecule has 0 aromatic rings. The third-order valence-electron chi connectivity index (χ3n) is 15.0. The van der Waals surface area contributed by atoms with E-state index in [1.807, 2.05) is 6.08 Å². The number of rotatable bonds is 55. The zero-order valence-electron chi connectivity index (χ0n) is 51.2. The van der Waals surface area contributed by atoms with Crippen LogP contribution in [0.2, 0.25) is 0 Å². The number of aliphatic hydroxyl groups is 5. The van der Waals surface area contributed by atoms with Gasteiger partial charge in [0.2, 0.25) is 5.91 Å². The highest BCUT2D eigenvalue weighted by atomic mass is 16.7. The van der Waals surface area contributed by atoms with Gasteiger partial charge < -0.3 is 45.1 Å². The van der Waals surface area contributed by atoms with Crippen LogP contribution in [0.3, 0.4) is 0 Å². The summed E-state index contributed by atoms with van der Waals surface area (Å²) in [4.78, 5) is 26.6. The summed E-state index contributed by atoms with van der Waals surface area (Å²) in [6, 6.07) is -1.03. The predicted molar refractivity (Wildman–Crippen MR) is 333 cm³/mol. The molecule has 8 atom stereocenters. The molecule has 0 aromatic carbocycles. The minimum absolute atomic E-state index is 0.0948. The van der Waals surface area contributed by atoms with E-state index in [9.17, 15) is 35.1 Å². The molecule has 1 fully saturated rings. The lowest BCUT2D eigenvalue weighted by molar-refractivity contribution is -0.305. The van der Waals surface area contributed by atoms with E-state index >= 15 is 0 Å². The quantitative estimate of drug-likeness (QED) is 0.0195. The smallest absolute Gasteiger partial charge is 0.306 e. The second-order valence-corrected chi connectivity index (χ2v) is 22.5. The Kier molecular flexibility index (Phi) is 52.7. The Bertz CT molecular complexity index is 1620. The number of nitrogens with one attached hydrogen (secondary N) is 1. The number of carbonyl (C=O) groups is 2. The van der Waals surface area contributed by atoms with E-state index in [4.69, 9.17) is 14.2 Å². The van der Waals surface area contributed by atoms with Crippen molar-refractivity contribution < 1.29 is 49.3 Å². The van der Waals surface area contributed by atoms with Crippen molar-refractivity contribution in [3.8, 4) is 0 Å². The zero-order valence-corrected chi connectivity index (χ0v) is 51.2. The topological polar surface area (TPSA) is 175 Å². The van der Waals surface area contributed by atoms with Gasteiger partial charge in [0.15, 0.2) is 12.4 Å². The average Bonchev–Trinajstić information content (AvgIpc) is 3.53. The Balaban J connectivity index is 2.63. The van der Waals surface area contributed by atoms with Crippen LogP contribution >= 0.6 is 0 Å². The normalized spacial score (nSPS) is 19.3. The summed E-state index contributed by atoms with van der Waals surface area (Å²) < 4.78 is 17.6. The minimum atomic E-state index is -1.63. The van der Waals surface area contributed by atoms with E-state index in [0.717, 1.165) is 103 Å². The first-order chi connectivity index (χ1) is 39.2. The molecule has 0 aromatic heterocycles. The highest BCUT2D eigenvalue weighted by Crippen LogP contribution is 2.26. The highest BCUT2D eigenvalue weighted by Gasteiger charge is 2.47. The minimum Gasteiger partial charge on any atom is -0.454 e. The Morgan fingerprint density at radius 3 is 1.38 bits per heavy atom. The van der Waals surface area contributed by atoms with Gasteiger partial charge in [0.05, 0.1) is 25.4 Å². The standard InChI is InChI=1S/C69H121NO10/c1-4-7-10-13-16-19-22-25-27-28-29-30-31-32-33-34-35-36-38-41-44-47-50-53-56-62(73)68(77)70-60(61(72)55-52-49-46-43-40-37-24-21-18-15-12-9-6-3)59-78-69-67(66(76)65(75)63(58-71)79-69)80-64(74)57-54-51-48-45-42-39-26-23-20-17-14-11-8-5-2/h8,11,16-17,19-20,25-27,29-30,39,52,55,60-63,65-67,69,71-73,75-76H,4-7,9-10,12-15,18,21-24,28,31-38,40-51,53-54,56-59H2,1-3H3,(H,70,77)/b11-8+,19-16-,20-17+,27-25-,30-29-,39-26+,55-52+. The van der Waals surface area contributed by atoms with Crippen molar-refractivity contribution in [3.05, 3.63) is 85.1 Å². The molecule has 1 amide bonds. The van der Waals surface area contributed by atoms with Crippen LogP contribution in [0.15, 0.2) is 85.1 Å². The largest absolute Gasteiger partial charge is 0.454 e. The summed E-state index contributed by atoms with van der Waals surface area (Å²) >= 11 is 0. The fourth-order valence-electron chi connectivity index (χ4n) is 9.85. The molecule has 1 rings (SSSR count). The first kappa shape index (κ1) is 74.9. The number of ether oxygens (including phenoxy) is 3. The highest BCUT2D eigenvalue weighted by molar-refractivity contribution is 5.80. The molecule has 0 bridgehead atoms. The van der Waals surface area contributed by atoms with Crippen molar-refractivity contribution in [1.29, 1.82) is 0 Å². The number of carbonyl (C=O) groups excluding carboxylic acids is 2. The van der Waals surface area contributed by atoms with Gasteiger partial charge in [0.25, 0.3) is 0 Å². The summed E-state index contributed by atoms with van der Waals surface area (Å²) in [6.45, 7) is 5.64. The van der Waals surface area contributed by atoms with Gasteiger partial charge in [-0.25, -0.2) is 0 Å². The lowest BCUT2D eigenvalue weighted by atomic mass is 9.99. The third-order valence-corrected chi connectivity index (χ3v) is 15.0. The number of amides is 1. The molecule has 1 heterocycles. The van der Waals surface area contributed by atoms with Crippen LogP contribution in [0.25, 0.3) is 0 Å². The molecular formula is C69H121NO10. The maximum atomic E-state index is 13.5. The van der Waals surface area contributed by atoms with Crippen LogP contribution in [0.5, 0.6) is 0 Å². The Morgan fingerprint density at radius 1 is 0.500 bits per heavy atom. The van der Waals surface area contributed by atoms with Crippen LogP contribution in [0, 0.1) is 0 Å². The van der Waals surface area contributed by atoms with Gasteiger partial charge in [-0.2, -0.15) is 0 Å². The van der Waals surface area contributed by atoms with Crippen molar-refractivity contribution in [2.24, 2.45) is 0 Å². The fraction of sp³-hybridized carbons (Fsp3) is 0.768. The van der Waals surface area contributed by atoms with Gasteiger partial charge >= 0.3 is 5.97 Å². The predicted octanol–water partition coefficient (Wildman–Crippen LogP) is 16.1. The maximum Gasteiger partial charge on any atom is 0.306 e. The third kappa shape index (κ3) is 43.5. The van der Waals surface area contributed by atoms with Gasteiger partial charge in [-0.1, -0.05) is 260 Å². The first-order valence-corrected chi connectivity index (χ1v) is 32.9. The van der Waals surface area contributed by atoms with E-state index in [-0.39, 0.29) is 19.4 Å². The van der Waals surface area contributed by atoms with Gasteiger partial charge in [-0.05, 0) is 96.3 Å². The molecule has 0 radical (unpaired) electrons. The SMILES string of the molecule is CC/C=C/C/C=C/C/C=C/CCCCCCC(=O)OC1C(OCC(NC(=O)C(O)CCCCCCCCCCCCC/C=C\C/C=C\C/C=C\CCCCC)C(O)/C=C/CCCCCCCCCCCCC)OC(CO)C(O)C1O. The Hall–Kier alpha value is -3.16. The van der Waals surface area contributed by atoms with Crippen molar-refractivity contribution in [3.63, 3.8) is 0 Å². The number of hydrogen-bond donors (Lipinski definition) is 6. The molecule has 11 heteroatoms. The second kappa shape index (κ2) is 56.3. The van der Waals surface area contributed by atoms with Crippen LogP contribution in [0.1, 0.15) is 278 Å². The number of allylic oxidation sites excluding steroid dienone is 13. The molecule has 0 spiro atoms. The van der Waals surface area contributed by atoms with E-state index in [2.05, 4.69) is 99.0 Å². The van der Waals surface area contributed by atoms with Crippen LogP contribution < -0.4 is 5.32 Å². The number of aliphatic hydroxyl groups excluding tert-OH is 5. The molecule has 80 heavy (non-hydrogen) atoms. The van der Waals surface area contributed by atoms with E-state index in [1.165, 1.54) is 128 Å². The monoisotopic (exact) mass is 1120 g/mol. The van der Waals surface area contributed by atoms with E-state index < -0.39 is 67.4 Å². The summed E-state index contributed by atoms with van der Waals surface area (Å²) in [6.07, 6.45) is 63.4. The molecule has 1 saturated heterocycles. The molecule has 0 saturated carbocycles. The summed E-state index contributed by atoms with van der Waals surface area (Å²) in [5.74, 6) is -1.22.